The Labute approximate surface area is 189 Å². The van der Waals surface area contributed by atoms with Crippen molar-refractivity contribution in [2.75, 3.05) is 11.9 Å². The Balaban J connectivity index is 1.49. The third-order valence-electron chi connectivity index (χ3n) is 4.51. The molecular weight excluding hydrogens is 432 g/mol. The standard InChI is InChI=1S/C23H21ClN4O2S/c1-3-30-19-10-4-16(5-11-19)13-22(29)26-21-12-15(2)27-28(21)23-25-20(14-31-23)17-6-8-18(24)9-7-17/h4-12,14H,3,13H2,1-2H3,(H,26,29). The number of nitrogens with one attached hydrogen (secondary N) is 1. The number of halogens is 1. The number of benzene rings is 2. The van der Waals surface area contributed by atoms with Crippen LogP contribution < -0.4 is 10.1 Å². The van der Waals surface area contributed by atoms with Gasteiger partial charge in [-0.3, -0.25) is 4.79 Å². The molecule has 1 N–H and O–H groups in total. The summed E-state index contributed by atoms with van der Waals surface area (Å²) in [6.07, 6.45) is 0.254. The third-order valence-corrected chi connectivity index (χ3v) is 5.58. The fourth-order valence-electron chi connectivity index (χ4n) is 3.09. The Kier molecular flexibility index (Phi) is 6.34. The fourth-order valence-corrected chi connectivity index (χ4v) is 4.01. The van der Waals surface area contributed by atoms with Crippen LogP contribution in [-0.2, 0) is 11.2 Å². The minimum atomic E-state index is -0.125. The van der Waals surface area contributed by atoms with Crippen LogP contribution in [0.2, 0.25) is 5.02 Å². The Morgan fingerprint density at radius 1 is 1.16 bits per heavy atom. The van der Waals surface area contributed by atoms with E-state index in [2.05, 4.69) is 15.4 Å². The fraction of sp³-hybridized carbons (Fsp3) is 0.174. The van der Waals surface area contributed by atoms with Gasteiger partial charge >= 0.3 is 0 Å². The second-order valence-corrected chi connectivity index (χ2v) is 8.18. The van der Waals surface area contributed by atoms with E-state index in [-0.39, 0.29) is 12.3 Å². The molecular formula is C23H21ClN4O2S. The molecule has 158 valence electrons. The number of rotatable bonds is 7. The van der Waals surface area contributed by atoms with Gasteiger partial charge in [0.25, 0.3) is 0 Å². The van der Waals surface area contributed by atoms with Gasteiger partial charge in [0.05, 0.1) is 24.4 Å². The average molecular weight is 453 g/mol. The van der Waals surface area contributed by atoms with Gasteiger partial charge in [0.1, 0.15) is 11.6 Å². The number of ether oxygens (including phenoxy) is 1. The molecule has 2 aromatic carbocycles. The Morgan fingerprint density at radius 2 is 1.90 bits per heavy atom. The number of carbonyl (C=O) groups is 1. The summed E-state index contributed by atoms with van der Waals surface area (Å²) in [6, 6.07) is 16.9. The summed E-state index contributed by atoms with van der Waals surface area (Å²) < 4.78 is 7.11. The minimum absolute atomic E-state index is 0.125. The van der Waals surface area contributed by atoms with Crippen molar-refractivity contribution in [1.29, 1.82) is 0 Å². The molecule has 0 aliphatic carbocycles. The molecule has 4 rings (SSSR count). The number of anilines is 1. The van der Waals surface area contributed by atoms with E-state index in [1.807, 2.05) is 73.8 Å². The number of nitrogens with zero attached hydrogens (tertiary/aromatic N) is 3. The first-order chi connectivity index (χ1) is 15.0. The zero-order valence-corrected chi connectivity index (χ0v) is 18.7. The zero-order valence-electron chi connectivity index (χ0n) is 17.1. The normalized spacial score (nSPS) is 10.8. The molecule has 0 atom stereocenters. The molecule has 0 radical (unpaired) electrons. The largest absolute Gasteiger partial charge is 0.494 e. The van der Waals surface area contributed by atoms with E-state index < -0.39 is 0 Å². The number of aryl methyl sites for hydroxylation is 1. The molecule has 4 aromatic rings. The summed E-state index contributed by atoms with van der Waals surface area (Å²) in [4.78, 5) is 17.3. The SMILES string of the molecule is CCOc1ccc(CC(=O)Nc2cc(C)nn2-c2nc(-c3ccc(Cl)cc3)cs2)cc1. The molecule has 0 aliphatic heterocycles. The molecule has 0 aliphatic rings. The van der Waals surface area contributed by atoms with Gasteiger partial charge in [0, 0.05) is 22.0 Å². The number of carbonyl (C=O) groups excluding carboxylic acids is 1. The topological polar surface area (TPSA) is 69.0 Å². The first-order valence-electron chi connectivity index (χ1n) is 9.82. The summed E-state index contributed by atoms with van der Waals surface area (Å²) in [5, 5.41) is 10.8. The van der Waals surface area contributed by atoms with Crippen LogP contribution in [0.25, 0.3) is 16.4 Å². The van der Waals surface area contributed by atoms with Gasteiger partial charge in [-0.25, -0.2) is 4.98 Å². The van der Waals surface area contributed by atoms with Crippen molar-refractivity contribution in [3.05, 3.63) is 76.3 Å². The molecule has 0 bridgehead atoms. The second kappa shape index (κ2) is 9.32. The summed E-state index contributed by atoms with van der Waals surface area (Å²) >= 11 is 7.43. The van der Waals surface area contributed by atoms with Gasteiger partial charge in [-0.2, -0.15) is 9.78 Å². The van der Waals surface area contributed by atoms with Crippen LogP contribution in [0.15, 0.2) is 60.0 Å². The predicted octanol–water partition coefficient (Wildman–Crippen LogP) is 5.54. The molecule has 0 saturated carbocycles. The number of amides is 1. The molecule has 1 amide bonds. The lowest BCUT2D eigenvalue weighted by molar-refractivity contribution is -0.115. The molecule has 0 saturated heterocycles. The van der Waals surface area contributed by atoms with Crippen LogP contribution in [0, 0.1) is 6.92 Å². The minimum Gasteiger partial charge on any atom is -0.494 e. The summed E-state index contributed by atoms with van der Waals surface area (Å²) in [7, 11) is 0. The highest BCUT2D eigenvalue weighted by atomic mass is 35.5. The highest BCUT2D eigenvalue weighted by Gasteiger charge is 2.15. The summed E-state index contributed by atoms with van der Waals surface area (Å²) in [6.45, 7) is 4.43. The first kappa shape index (κ1) is 21.1. The molecule has 0 fully saturated rings. The predicted molar refractivity (Wildman–Crippen MR) is 124 cm³/mol. The van der Waals surface area contributed by atoms with Gasteiger partial charge in [-0.05, 0) is 43.7 Å². The monoisotopic (exact) mass is 452 g/mol. The highest BCUT2D eigenvalue weighted by molar-refractivity contribution is 7.12. The van der Waals surface area contributed by atoms with Crippen LogP contribution in [-0.4, -0.2) is 27.3 Å². The maximum Gasteiger partial charge on any atom is 0.229 e. The van der Waals surface area contributed by atoms with Crippen LogP contribution in [0.1, 0.15) is 18.2 Å². The summed E-state index contributed by atoms with van der Waals surface area (Å²) in [5.74, 6) is 1.26. The second-order valence-electron chi connectivity index (χ2n) is 6.91. The lowest BCUT2D eigenvalue weighted by atomic mass is 10.1. The van der Waals surface area contributed by atoms with Crippen molar-refractivity contribution < 1.29 is 9.53 Å². The molecule has 0 spiro atoms. The quantitative estimate of drug-likeness (QED) is 0.400. The van der Waals surface area contributed by atoms with E-state index in [9.17, 15) is 4.79 Å². The van der Waals surface area contributed by atoms with E-state index in [1.54, 1.807) is 4.68 Å². The lowest BCUT2D eigenvalue weighted by Crippen LogP contribution is -2.17. The number of thiazole rings is 1. The molecule has 6 nitrogen and oxygen atoms in total. The smallest absolute Gasteiger partial charge is 0.229 e. The molecule has 2 heterocycles. The van der Waals surface area contributed by atoms with Gasteiger partial charge < -0.3 is 10.1 Å². The third kappa shape index (κ3) is 5.13. The van der Waals surface area contributed by atoms with Gasteiger partial charge in [0.15, 0.2) is 0 Å². The summed E-state index contributed by atoms with van der Waals surface area (Å²) in [5.41, 5.74) is 3.50. The van der Waals surface area contributed by atoms with E-state index >= 15 is 0 Å². The van der Waals surface area contributed by atoms with Gasteiger partial charge in [-0.1, -0.05) is 35.9 Å². The number of hydrogen-bond donors (Lipinski definition) is 1. The van der Waals surface area contributed by atoms with Crippen LogP contribution >= 0.6 is 22.9 Å². The van der Waals surface area contributed by atoms with Crippen molar-refractivity contribution in [3.8, 4) is 22.1 Å². The Bertz CT molecular complexity index is 1180. The number of hydrogen-bond acceptors (Lipinski definition) is 5. The maximum atomic E-state index is 12.6. The van der Waals surface area contributed by atoms with Crippen LogP contribution in [0.5, 0.6) is 5.75 Å². The maximum absolute atomic E-state index is 12.6. The Morgan fingerprint density at radius 3 is 2.61 bits per heavy atom. The van der Waals surface area contributed by atoms with E-state index in [1.165, 1.54) is 11.3 Å². The van der Waals surface area contributed by atoms with Crippen LogP contribution in [0.3, 0.4) is 0 Å². The van der Waals surface area contributed by atoms with Crippen molar-refractivity contribution in [2.45, 2.75) is 20.3 Å². The molecule has 0 unspecified atom stereocenters. The van der Waals surface area contributed by atoms with Crippen molar-refractivity contribution in [1.82, 2.24) is 14.8 Å². The van der Waals surface area contributed by atoms with E-state index in [0.717, 1.165) is 28.3 Å². The Hall–Kier alpha value is -3.16. The highest BCUT2D eigenvalue weighted by Crippen LogP contribution is 2.27. The molecule has 2 aromatic heterocycles. The van der Waals surface area contributed by atoms with E-state index in [0.29, 0.717) is 22.6 Å². The molecule has 31 heavy (non-hydrogen) atoms. The van der Waals surface area contributed by atoms with Crippen molar-refractivity contribution >= 4 is 34.7 Å². The lowest BCUT2D eigenvalue weighted by Gasteiger charge is -2.08. The van der Waals surface area contributed by atoms with Crippen molar-refractivity contribution in [3.63, 3.8) is 0 Å². The number of aromatic nitrogens is 3. The van der Waals surface area contributed by atoms with Crippen LogP contribution in [0.4, 0.5) is 5.82 Å². The first-order valence-corrected chi connectivity index (χ1v) is 11.1. The zero-order chi connectivity index (χ0) is 21.8. The average Bonchev–Trinajstić information content (AvgIpc) is 3.37. The van der Waals surface area contributed by atoms with Crippen molar-refractivity contribution in [2.24, 2.45) is 0 Å². The van der Waals surface area contributed by atoms with E-state index in [4.69, 9.17) is 16.3 Å². The van der Waals surface area contributed by atoms with Gasteiger partial charge in [0.2, 0.25) is 11.0 Å². The van der Waals surface area contributed by atoms with Gasteiger partial charge in [-0.15, -0.1) is 11.3 Å². The molecule has 8 heteroatoms.